The van der Waals surface area contributed by atoms with Crippen LogP contribution in [0.4, 0.5) is 0 Å². The molecule has 2 aromatic rings. The summed E-state index contributed by atoms with van der Waals surface area (Å²) in [6.07, 6.45) is 2.95. The van der Waals surface area contributed by atoms with Gasteiger partial charge in [-0.1, -0.05) is 39.8 Å². The highest BCUT2D eigenvalue weighted by Crippen LogP contribution is 2.31. The Morgan fingerprint density at radius 3 is 2.53 bits per heavy atom. The molecule has 1 heteroatoms. The van der Waals surface area contributed by atoms with Gasteiger partial charge in [0.1, 0.15) is 5.58 Å². The van der Waals surface area contributed by atoms with Gasteiger partial charge in [0.25, 0.3) is 0 Å². The molecular weight excluding hydrogens is 184 g/mol. The van der Waals surface area contributed by atoms with Gasteiger partial charge in [-0.15, -0.1) is 0 Å². The maximum Gasteiger partial charge on any atom is 0.134 e. The summed E-state index contributed by atoms with van der Waals surface area (Å²) in [5.74, 6) is 0. The highest BCUT2D eigenvalue weighted by Gasteiger charge is 2.19. The van der Waals surface area contributed by atoms with E-state index < -0.39 is 0 Å². The summed E-state index contributed by atoms with van der Waals surface area (Å²) >= 11 is 0. The Labute approximate surface area is 91.1 Å². The van der Waals surface area contributed by atoms with Crippen molar-refractivity contribution in [3.8, 4) is 0 Å². The van der Waals surface area contributed by atoms with Gasteiger partial charge in [-0.05, 0) is 23.5 Å². The van der Waals surface area contributed by atoms with Crippen LogP contribution in [0, 0.1) is 0 Å². The molecule has 0 N–H and O–H groups in total. The van der Waals surface area contributed by atoms with Gasteiger partial charge in [0.05, 0.1) is 6.26 Å². The molecule has 1 aromatic heterocycles. The third kappa shape index (κ3) is 1.79. The summed E-state index contributed by atoms with van der Waals surface area (Å²) in [6.45, 7) is 8.80. The van der Waals surface area contributed by atoms with E-state index in [0.29, 0.717) is 0 Å². The molecule has 0 radical (unpaired) electrons. The molecular formula is C14H18O. The van der Waals surface area contributed by atoms with E-state index in [9.17, 15) is 0 Å². The first-order valence-corrected chi connectivity index (χ1v) is 5.53. The lowest BCUT2D eigenvalue weighted by atomic mass is 9.87. The monoisotopic (exact) mass is 202 g/mol. The fourth-order valence-corrected chi connectivity index (χ4v) is 1.87. The van der Waals surface area contributed by atoms with Crippen LogP contribution in [0.15, 0.2) is 28.9 Å². The number of aryl methyl sites for hydroxylation is 1. The zero-order chi connectivity index (χ0) is 11.1. The van der Waals surface area contributed by atoms with E-state index >= 15 is 0 Å². The summed E-state index contributed by atoms with van der Waals surface area (Å²) in [6, 6.07) is 6.51. The Bertz CT molecular complexity index is 472. The van der Waals surface area contributed by atoms with Crippen molar-refractivity contribution in [2.45, 2.75) is 39.5 Å². The molecule has 0 aliphatic heterocycles. The molecule has 0 spiro atoms. The van der Waals surface area contributed by atoms with Crippen molar-refractivity contribution in [2.24, 2.45) is 0 Å². The van der Waals surface area contributed by atoms with Crippen LogP contribution in [0.1, 0.15) is 38.8 Å². The predicted molar refractivity (Wildman–Crippen MR) is 64.3 cm³/mol. The van der Waals surface area contributed by atoms with Crippen LogP contribution in [0.3, 0.4) is 0 Å². The van der Waals surface area contributed by atoms with Crippen molar-refractivity contribution in [3.05, 3.63) is 35.6 Å². The van der Waals surface area contributed by atoms with E-state index in [2.05, 4.69) is 45.9 Å². The van der Waals surface area contributed by atoms with Crippen molar-refractivity contribution in [2.75, 3.05) is 0 Å². The van der Waals surface area contributed by atoms with Crippen molar-refractivity contribution in [1.82, 2.24) is 0 Å². The summed E-state index contributed by atoms with van der Waals surface area (Å²) in [5.41, 5.74) is 3.79. The molecule has 0 saturated carbocycles. The van der Waals surface area contributed by atoms with Crippen LogP contribution >= 0.6 is 0 Å². The third-order valence-electron chi connectivity index (χ3n) is 2.86. The average molecular weight is 202 g/mol. The van der Waals surface area contributed by atoms with Crippen molar-refractivity contribution in [1.29, 1.82) is 0 Å². The third-order valence-corrected chi connectivity index (χ3v) is 2.86. The van der Waals surface area contributed by atoms with Gasteiger partial charge in [-0.3, -0.25) is 0 Å². The molecule has 0 aliphatic rings. The van der Waals surface area contributed by atoms with Crippen LogP contribution in [0.5, 0.6) is 0 Å². The Hall–Kier alpha value is -1.24. The molecule has 0 fully saturated rings. The summed E-state index contributed by atoms with van der Waals surface area (Å²) in [5, 5.41) is 1.25. The molecule has 0 amide bonds. The number of furan rings is 1. The predicted octanol–water partition coefficient (Wildman–Crippen LogP) is 4.29. The van der Waals surface area contributed by atoms with Crippen molar-refractivity contribution < 1.29 is 4.42 Å². The Balaban J connectivity index is 2.62. The zero-order valence-electron chi connectivity index (χ0n) is 9.92. The molecule has 15 heavy (non-hydrogen) atoms. The van der Waals surface area contributed by atoms with Crippen LogP contribution in [0.25, 0.3) is 11.0 Å². The second-order valence-corrected chi connectivity index (χ2v) is 5.08. The smallest absolute Gasteiger partial charge is 0.134 e. The van der Waals surface area contributed by atoms with Gasteiger partial charge >= 0.3 is 0 Å². The molecule has 0 saturated heterocycles. The second kappa shape index (κ2) is 3.41. The minimum atomic E-state index is 0.152. The lowest BCUT2D eigenvalue weighted by Gasteiger charge is -2.16. The minimum Gasteiger partial charge on any atom is -0.464 e. The molecule has 0 atom stereocenters. The summed E-state index contributed by atoms with van der Waals surface area (Å²) in [4.78, 5) is 0. The van der Waals surface area contributed by atoms with Crippen LogP contribution < -0.4 is 0 Å². The van der Waals surface area contributed by atoms with Gasteiger partial charge in [-0.2, -0.15) is 0 Å². The standard InChI is InChI=1S/C14H18O/c1-5-10-6-7-11-12(14(2,3)4)9-15-13(11)8-10/h6-9H,5H2,1-4H3. The first-order valence-electron chi connectivity index (χ1n) is 5.53. The lowest BCUT2D eigenvalue weighted by Crippen LogP contribution is -2.09. The van der Waals surface area contributed by atoms with E-state index in [1.165, 1.54) is 16.5 Å². The minimum absolute atomic E-state index is 0.152. The fourth-order valence-electron chi connectivity index (χ4n) is 1.87. The topological polar surface area (TPSA) is 13.1 Å². The maximum atomic E-state index is 5.62. The maximum absolute atomic E-state index is 5.62. The number of fused-ring (bicyclic) bond motifs is 1. The van der Waals surface area contributed by atoms with Crippen LogP contribution in [-0.4, -0.2) is 0 Å². The molecule has 1 aromatic carbocycles. The first kappa shape index (κ1) is 10.3. The highest BCUT2D eigenvalue weighted by molar-refractivity contribution is 5.82. The summed E-state index contributed by atoms with van der Waals surface area (Å²) < 4.78 is 5.62. The largest absolute Gasteiger partial charge is 0.464 e. The van der Waals surface area contributed by atoms with E-state index in [1.54, 1.807) is 0 Å². The van der Waals surface area contributed by atoms with Crippen LogP contribution in [-0.2, 0) is 11.8 Å². The van der Waals surface area contributed by atoms with Gasteiger partial charge in [0, 0.05) is 10.9 Å². The molecule has 0 unspecified atom stereocenters. The molecule has 2 rings (SSSR count). The zero-order valence-corrected chi connectivity index (χ0v) is 9.92. The molecule has 1 heterocycles. The van der Waals surface area contributed by atoms with E-state index in [-0.39, 0.29) is 5.41 Å². The second-order valence-electron chi connectivity index (χ2n) is 5.08. The normalized spacial score (nSPS) is 12.3. The highest BCUT2D eigenvalue weighted by atomic mass is 16.3. The Morgan fingerprint density at radius 2 is 1.93 bits per heavy atom. The number of rotatable bonds is 1. The van der Waals surface area contributed by atoms with E-state index in [1.807, 2.05) is 6.26 Å². The average Bonchev–Trinajstić information content (AvgIpc) is 2.59. The van der Waals surface area contributed by atoms with Crippen molar-refractivity contribution in [3.63, 3.8) is 0 Å². The SMILES string of the molecule is CCc1ccc2c(C(C)(C)C)coc2c1. The summed E-state index contributed by atoms with van der Waals surface area (Å²) in [7, 11) is 0. The van der Waals surface area contributed by atoms with Gasteiger partial charge in [-0.25, -0.2) is 0 Å². The quantitative estimate of drug-likeness (QED) is 0.672. The number of benzene rings is 1. The van der Waals surface area contributed by atoms with Gasteiger partial charge in [0.2, 0.25) is 0 Å². The first-order chi connectivity index (χ1) is 7.02. The van der Waals surface area contributed by atoms with Crippen molar-refractivity contribution >= 4 is 11.0 Å². The lowest BCUT2D eigenvalue weighted by molar-refractivity contribution is 0.557. The molecule has 0 bridgehead atoms. The molecule has 1 nitrogen and oxygen atoms in total. The number of hydrogen-bond donors (Lipinski definition) is 0. The molecule has 80 valence electrons. The van der Waals surface area contributed by atoms with Gasteiger partial charge < -0.3 is 4.42 Å². The van der Waals surface area contributed by atoms with Gasteiger partial charge in [0.15, 0.2) is 0 Å². The number of hydrogen-bond acceptors (Lipinski definition) is 1. The molecule has 0 aliphatic carbocycles. The van der Waals surface area contributed by atoms with Crippen LogP contribution in [0.2, 0.25) is 0 Å². The van der Waals surface area contributed by atoms with E-state index in [4.69, 9.17) is 4.42 Å². The Kier molecular flexibility index (Phi) is 2.34. The van der Waals surface area contributed by atoms with E-state index in [0.717, 1.165) is 12.0 Å². The Morgan fingerprint density at radius 1 is 1.20 bits per heavy atom. The fraction of sp³-hybridized carbons (Fsp3) is 0.429.